The van der Waals surface area contributed by atoms with E-state index in [4.69, 9.17) is 0 Å². The summed E-state index contributed by atoms with van der Waals surface area (Å²) in [6, 6.07) is -0.550. The zero-order valence-corrected chi connectivity index (χ0v) is 9.16. The van der Waals surface area contributed by atoms with Gasteiger partial charge in [-0.1, -0.05) is 0 Å². The maximum absolute atomic E-state index is 12.1. The molecule has 2 aliphatic heterocycles. The highest BCUT2D eigenvalue weighted by Gasteiger charge is 2.37. The molecule has 2 heterocycles. The van der Waals surface area contributed by atoms with Crippen LogP contribution in [-0.4, -0.2) is 48.3 Å². The van der Waals surface area contributed by atoms with Crippen LogP contribution in [-0.2, 0) is 14.4 Å². The van der Waals surface area contributed by atoms with Gasteiger partial charge in [0.15, 0.2) is 0 Å². The number of nitrogens with one attached hydrogen (secondary N) is 2. The van der Waals surface area contributed by atoms with Gasteiger partial charge < -0.3 is 10.2 Å². The SMILES string of the molecule is CC1C(=O)NC(=O)CN1C(=O)C1CCNC1. The van der Waals surface area contributed by atoms with Gasteiger partial charge in [-0.15, -0.1) is 0 Å². The van der Waals surface area contributed by atoms with Crippen LogP contribution in [0.15, 0.2) is 0 Å². The van der Waals surface area contributed by atoms with Crippen LogP contribution in [0.5, 0.6) is 0 Å². The maximum Gasteiger partial charge on any atom is 0.249 e. The van der Waals surface area contributed by atoms with Gasteiger partial charge in [-0.05, 0) is 19.9 Å². The minimum Gasteiger partial charge on any atom is -0.321 e. The molecule has 6 nitrogen and oxygen atoms in total. The molecular weight excluding hydrogens is 210 g/mol. The lowest BCUT2D eigenvalue weighted by atomic mass is 10.0. The molecule has 2 rings (SSSR count). The van der Waals surface area contributed by atoms with Crippen molar-refractivity contribution in [2.75, 3.05) is 19.6 Å². The van der Waals surface area contributed by atoms with Crippen LogP contribution in [0, 0.1) is 5.92 Å². The molecule has 2 unspecified atom stereocenters. The Morgan fingerprint density at radius 3 is 2.81 bits per heavy atom. The molecule has 2 aliphatic rings. The number of hydrogen-bond donors (Lipinski definition) is 2. The topological polar surface area (TPSA) is 78.5 Å². The van der Waals surface area contributed by atoms with Gasteiger partial charge >= 0.3 is 0 Å². The van der Waals surface area contributed by atoms with Crippen molar-refractivity contribution in [2.24, 2.45) is 5.92 Å². The molecule has 0 aromatic heterocycles. The molecule has 2 N–H and O–H groups in total. The van der Waals surface area contributed by atoms with Crippen molar-refractivity contribution in [1.29, 1.82) is 0 Å². The Kier molecular flexibility index (Phi) is 2.91. The Morgan fingerprint density at radius 1 is 1.44 bits per heavy atom. The summed E-state index contributed by atoms with van der Waals surface area (Å²) < 4.78 is 0. The normalized spacial score (nSPS) is 30.4. The fraction of sp³-hybridized carbons (Fsp3) is 0.700. The third-order valence-electron chi connectivity index (χ3n) is 3.12. The fourth-order valence-corrected chi connectivity index (χ4v) is 2.08. The second-order valence-electron chi connectivity index (χ2n) is 4.24. The molecule has 0 aromatic rings. The van der Waals surface area contributed by atoms with E-state index in [1.165, 1.54) is 4.90 Å². The van der Waals surface area contributed by atoms with Crippen LogP contribution in [0.2, 0.25) is 0 Å². The Bertz CT molecular complexity index is 336. The fourth-order valence-electron chi connectivity index (χ4n) is 2.08. The molecule has 6 heteroatoms. The van der Waals surface area contributed by atoms with E-state index >= 15 is 0 Å². The zero-order valence-electron chi connectivity index (χ0n) is 9.16. The van der Waals surface area contributed by atoms with Gasteiger partial charge in [-0.25, -0.2) is 0 Å². The molecule has 0 bridgehead atoms. The number of amides is 3. The lowest BCUT2D eigenvalue weighted by Crippen LogP contribution is -2.59. The van der Waals surface area contributed by atoms with Crippen molar-refractivity contribution in [3.8, 4) is 0 Å². The summed E-state index contributed by atoms with van der Waals surface area (Å²) in [4.78, 5) is 36.0. The van der Waals surface area contributed by atoms with Gasteiger partial charge in [0.25, 0.3) is 0 Å². The number of hydrogen-bond acceptors (Lipinski definition) is 4. The lowest BCUT2D eigenvalue weighted by molar-refractivity contribution is -0.151. The molecule has 2 saturated heterocycles. The molecule has 16 heavy (non-hydrogen) atoms. The first-order valence-electron chi connectivity index (χ1n) is 5.44. The minimum atomic E-state index is -0.550. The van der Waals surface area contributed by atoms with Crippen LogP contribution in [0.1, 0.15) is 13.3 Å². The molecule has 2 atom stereocenters. The average molecular weight is 225 g/mol. The number of nitrogens with zero attached hydrogens (tertiary/aromatic N) is 1. The summed E-state index contributed by atoms with van der Waals surface area (Å²) >= 11 is 0. The predicted molar refractivity (Wildman–Crippen MR) is 55.3 cm³/mol. The molecule has 0 aliphatic carbocycles. The summed E-state index contributed by atoms with van der Waals surface area (Å²) in [6.45, 7) is 3.08. The highest BCUT2D eigenvalue weighted by atomic mass is 16.2. The minimum absolute atomic E-state index is 0.0117. The Labute approximate surface area is 93.4 Å². The van der Waals surface area contributed by atoms with Crippen LogP contribution in [0.3, 0.4) is 0 Å². The van der Waals surface area contributed by atoms with E-state index < -0.39 is 17.9 Å². The Balaban J connectivity index is 2.09. The van der Waals surface area contributed by atoms with E-state index in [1.807, 2.05) is 0 Å². The van der Waals surface area contributed by atoms with Crippen molar-refractivity contribution in [2.45, 2.75) is 19.4 Å². The number of piperazine rings is 1. The zero-order chi connectivity index (χ0) is 11.7. The highest BCUT2D eigenvalue weighted by molar-refractivity contribution is 6.04. The smallest absolute Gasteiger partial charge is 0.249 e. The van der Waals surface area contributed by atoms with Crippen molar-refractivity contribution in [1.82, 2.24) is 15.5 Å². The first kappa shape index (κ1) is 11.1. The quantitative estimate of drug-likeness (QED) is 0.531. The summed E-state index contributed by atoms with van der Waals surface area (Å²) in [6.07, 6.45) is 0.776. The summed E-state index contributed by atoms with van der Waals surface area (Å²) in [5, 5.41) is 5.31. The molecule has 0 aromatic carbocycles. The Morgan fingerprint density at radius 2 is 2.19 bits per heavy atom. The number of imide groups is 1. The molecule has 0 spiro atoms. The molecular formula is C10H15N3O3. The lowest BCUT2D eigenvalue weighted by Gasteiger charge is -2.33. The van der Waals surface area contributed by atoms with Crippen molar-refractivity contribution < 1.29 is 14.4 Å². The first-order chi connectivity index (χ1) is 7.59. The van der Waals surface area contributed by atoms with E-state index in [0.29, 0.717) is 6.54 Å². The maximum atomic E-state index is 12.1. The third kappa shape index (κ3) is 1.92. The van der Waals surface area contributed by atoms with E-state index in [0.717, 1.165) is 13.0 Å². The van der Waals surface area contributed by atoms with Crippen molar-refractivity contribution >= 4 is 17.7 Å². The number of carbonyl (C=O) groups is 3. The molecule has 88 valence electrons. The monoisotopic (exact) mass is 225 g/mol. The number of rotatable bonds is 1. The molecule has 0 saturated carbocycles. The van der Waals surface area contributed by atoms with Crippen LogP contribution < -0.4 is 10.6 Å². The summed E-state index contributed by atoms with van der Waals surface area (Å²) in [7, 11) is 0. The van der Waals surface area contributed by atoms with Crippen LogP contribution >= 0.6 is 0 Å². The summed E-state index contributed by atoms with van der Waals surface area (Å²) in [5.41, 5.74) is 0. The molecule has 3 amide bonds. The average Bonchev–Trinajstić information content (AvgIpc) is 2.75. The molecule has 0 radical (unpaired) electrons. The van der Waals surface area contributed by atoms with Crippen LogP contribution in [0.25, 0.3) is 0 Å². The molecule has 2 fully saturated rings. The van der Waals surface area contributed by atoms with E-state index in [1.54, 1.807) is 6.92 Å². The number of carbonyl (C=O) groups excluding carboxylic acids is 3. The van der Waals surface area contributed by atoms with Gasteiger partial charge in [0, 0.05) is 6.54 Å². The van der Waals surface area contributed by atoms with E-state index in [9.17, 15) is 14.4 Å². The van der Waals surface area contributed by atoms with Gasteiger partial charge in [0.05, 0.1) is 5.92 Å². The second kappa shape index (κ2) is 4.21. The summed E-state index contributed by atoms with van der Waals surface area (Å²) in [5.74, 6) is -0.986. The van der Waals surface area contributed by atoms with Gasteiger partial charge in [-0.2, -0.15) is 0 Å². The van der Waals surface area contributed by atoms with Crippen LogP contribution in [0.4, 0.5) is 0 Å². The van der Waals surface area contributed by atoms with E-state index in [-0.39, 0.29) is 18.4 Å². The Hall–Kier alpha value is -1.43. The predicted octanol–water partition coefficient (Wildman–Crippen LogP) is -1.53. The van der Waals surface area contributed by atoms with Gasteiger partial charge in [0.1, 0.15) is 12.6 Å². The highest BCUT2D eigenvalue weighted by Crippen LogP contribution is 2.15. The largest absolute Gasteiger partial charge is 0.321 e. The third-order valence-corrected chi connectivity index (χ3v) is 3.12. The van der Waals surface area contributed by atoms with Crippen molar-refractivity contribution in [3.63, 3.8) is 0 Å². The van der Waals surface area contributed by atoms with Gasteiger partial charge in [-0.3, -0.25) is 19.7 Å². The van der Waals surface area contributed by atoms with Gasteiger partial charge in [0.2, 0.25) is 17.7 Å². The second-order valence-corrected chi connectivity index (χ2v) is 4.24. The van der Waals surface area contributed by atoms with E-state index in [2.05, 4.69) is 10.6 Å². The first-order valence-corrected chi connectivity index (χ1v) is 5.44. The standard InChI is InChI=1S/C10H15N3O3/c1-6-9(15)12-8(14)5-13(6)10(16)7-2-3-11-4-7/h6-7,11H,2-5H2,1H3,(H,12,14,15). The van der Waals surface area contributed by atoms with Crippen molar-refractivity contribution in [3.05, 3.63) is 0 Å².